The first kappa shape index (κ1) is 10.1. The first-order valence-electron chi connectivity index (χ1n) is 4.66. The van der Waals surface area contributed by atoms with Crippen LogP contribution in [-0.4, -0.2) is 24.3 Å². The number of aliphatic hydroxyl groups excluding tert-OH is 1. The van der Waals surface area contributed by atoms with Crippen LogP contribution < -0.4 is 10.6 Å². The maximum absolute atomic E-state index is 11.0. The smallest absolute Gasteiger partial charge is 0.318 e. The summed E-state index contributed by atoms with van der Waals surface area (Å²) in [5.41, 5.74) is 1.30. The number of allylic oxidation sites excluding steroid dienone is 1. The molecule has 0 bridgehead atoms. The molecule has 1 aliphatic carbocycles. The van der Waals surface area contributed by atoms with Gasteiger partial charge in [-0.1, -0.05) is 5.57 Å². The van der Waals surface area contributed by atoms with Crippen molar-refractivity contribution < 1.29 is 9.90 Å². The summed E-state index contributed by atoms with van der Waals surface area (Å²) in [7, 11) is 0. The van der Waals surface area contributed by atoms with Crippen LogP contribution in [0, 0.1) is 0 Å². The van der Waals surface area contributed by atoms with Crippen molar-refractivity contribution >= 4 is 6.03 Å². The second-order valence-electron chi connectivity index (χ2n) is 3.13. The van der Waals surface area contributed by atoms with E-state index in [2.05, 4.69) is 10.6 Å². The number of nitrogens with one attached hydrogen (secondary N) is 2. The fourth-order valence-corrected chi connectivity index (χ4v) is 1.36. The summed E-state index contributed by atoms with van der Waals surface area (Å²) in [5, 5.41) is 13.6. The van der Waals surface area contributed by atoms with Crippen molar-refractivity contribution in [3.05, 3.63) is 11.8 Å². The number of amides is 2. The van der Waals surface area contributed by atoms with Crippen molar-refractivity contribution in [2.45, 2.75) is 25.7 Å². The molecule has 0 radical (unpaired) electrons. The van der Waals surface area contributed by atoms with Crippen molar-refractivity contribution in [3.8, 4) is 0 Å². The molecule has 0 spiro atoms. The number of rotatable bonds is 3. The van der Waals surface area contributed by atoms with Crippen molar-refractivity contribution in [1.82, 2.24) is 10.6 Å². The van der Waals surface area contributed by atoms with Crippen LogP contribution >= 0.6 is 0 Å². The predicted octanol–water partition coefficient (Wildman–Crippen LogP) is 0.736. The molecule has 0 aromatic heterocycles. The van der Waals surface area contributed by atoms with Crippen LogP contribution in [0.1, 0.15) is 25.7 Å². The molecule has 1 rings (SSSR count). The Hall–Kier alpha value is -1.03. The van der Waals surface area contributed by atoms with Gasteiger partial charge >= 0.3 is 6.03 Å². The Labute approximate surface area is 78.0 Å². The maximum atomic E-state index is 11.0. The zero-order chi connectivity index (χ0) is 9.52. The first-order chi connectivity index (χ1) is 6.33. The van der Waals surface area contributed by atoms with Gasteiger partial charge in [0.15, 0.2) is 0 Å². The van der Waals surface area contributed by atoms with E-state index in [1.54, 1.807) is 6.20 Å². The zero-order valence-corrected chi connectivity index (χ0v) is 7.68. The number of hydrogen-bond acceptors (Lipinski definition) is 2. The standard InChI is InChI=1S/C9H16N2O2/c12-6-5-10-9(13)11-7-8-3-1-2-4-8/h7,12H,1-6H2,(H2,10,11,13). The van der Waals surface area contributed by atoms with Gasteiger partial charge in [0.05, 0.1) is 6.61 Å². The normalized spacial score (nSPS) is 15.6. The Morgan fingerprint density at radius 1 is 1.46 bits per heavy atom. The number of urea groups is 1. The third kappa shape index (κ3) is 3.94. The molecule has 4 heteroatoms. The quantitative estimate of drug-likeness (QED) is 0.605. The Kier molecular flexibility index (Phi) is 4.32. The van der Waals surface area contributed by atoms with E-state index in [1.165, 1.54) is 18.4 Å². The lowest BCUT2D eigenvalue weighted by molar-refractivity contribution is 0.237. The van der Waals surface area contributed by atoms with Gasteiger partial charge in [0, 0.05) is 12.7 Å². The molecule has 0 saturated heterocycles. The molecule has 0 unspecified atom stereocenters. The zero-order valence-electron chi connectivity index (χ0n) is 7.68. The second-order valence-corrected chi connectivity index (χ2v) is 3.13. The molecular formula is C9H16N2O2. The van der Waals surface area contributed by atoms with E-state index in [4.69, 9.17) is 5.11 Å². The molecule has 74 valence electrons. The number of carbonyl (C=O) groups is 1. The highest BCUT2D eigenvalue weighted by molar-refractivity contribution is 5.74. The van der Waals surface area contributed by atoms with E-state index < -0.39 is 0 Å². The minimum absolute atomic E-state index is 0.0238. The molecule has 4 nitrogen and oxygen atoms in total. The van der Waals surface area contributed by atoms with Gasteiger partial charge in [-0.15, -0.1) is 0 Å². The van der Waals surface area contributed by atoms with Gasteiger partial charge in [-0.25, -0.2) is 4.79 Å². The van der Waals surface area contributed by atoms with Gasteiger partial charge in [-0.2, -0.15) is 0 Å². The number of carbonyl (C=O) groups excluding carboxylic acids is 1. The Morgan fingerprint density at radius 3 is 2.77 bits per heavy atom. The van der Waals surface area contributed by atoms with Crippen LogP contribution in [-0.2, 0) is 0 Å². The van der Waals surface area contributed by atoms with E-state index in [0.717, 1.165) is 12.8 Å². The van der Waals surface area contributed by atoms with E-state index in [9.17, 15) is 4.79 Å². The molecule has 0 aromatic carbocycles. The van der Waals surface area contributed by atoms with Crippen molar-refractivity contribution in [3.63, 3.8) is 0 Å². The lowest BCUT2D eigenvalue weighted by Gasteiger charge is -2.02. The second kappa shape index (κ2) is 5.59. The van der Waals surface area contributed by atoms with Gasteiger partial charge in [-0.05, 0) is 25.7 Å². The maximum Gasteiger partial charge on any atom is 0.318 e. The Balaban J connectivity index is 2.16. The summed E-state index contributed by atoms with van der Waals surface area (Å²) in [6.07, 6.45) is 6.43. The average Bonchev–Trinajstić information content (AvgIpc) is 2.64. The molecule has 1 fully saturated rings. The molecule has 0 atom stereocenters. The fraction of sp³-hybridized carbons (Fsp3) is 0.667. The summed E-state index contributed by atoms with van der Waals surface area (Å²) in [5.74, 6) is 0. The van der Waals surface area contributed by atoms with Crippen LogP contribution in [0.3, 0.4) is 0 Å². The highest BCUT2D eigenvalue weighted by atomic mass is 16.3. The largest absolute Gasteiger partial charge is 0.395 e. The number of aliphatic hydroxyl groups is 1. The Morgan fingerprint density at radius 2 is 2.15 bits per heavy atom. The SMILES string of the molecule is O=C(NC=C1CCCC1)NCCO. The molecule has 0 aliphatic heterocycles. The molecule has 0 heterocycles. The summed E-state index contributed by atoms with van der Waals surface area (Å²) >= 11 is 0. The summed E-state index contributed by atoms with van der Waals surface area (Å²) in [6, 6.07) is -0.242. The highest BCUT2D eigenvalue weighted by Gasteiger charge is 2.06. The van der Waals surface area contributed by atoms with Crippen LogP contribution in [0.4, 0.5) is 4.79 Å². The summed E-state index contributed by atoms with van der Waals surface area (Å²) < 4.78 is 0. The van der Waals surface area contributed by atoms with E-state index in [0.29, 0.717) is 6.54 Å². The van der Waals surface area contributed by atoms with Gasteiger partial charge in [-0.3, -0.25) is 0 Å². The van der Waals surface area contributed by atoms with Gasteiger partial charge in [0.25, 0.3) is 0 Å². The lowest BCUT2D eigenvalue weighted by atomic mass is 10.2. The van der Waals surface area contributed by atoms with Crippen molar-refractivity contribution in [2.75, 3.05) is 13.2 Å². The third-order valence-corrected chi connectivity index (χ3v) is 2.05. The van der Waals surface area contributed by atoms with Crippen molar-refractivity contribution in [1.29, 1.82) is 0 Å². The minimum atomic E-state index is -0.242. The summed E-state index contributed by atoms with van der Waals surface area (Å²) in [6.45, 7) is 0.277. The molecule has 3 N–H and O–H groups in total. The number of hydrogen-bond donors (Lipinski definition) is 3. The average molecular weight is 184 g/mol. The molecule has 2 amide bonds. The third-order valence-electron chi connectivity index (χ3n) is 2.05. The fourth-order valence-electron chi connectivity index (χ4n) is 1.36. The van der Waals surface area contributed by atoms with Crippen LogP contribution in [0.15, 0.2) is 11.8 Å². The Bertz CT molecular complexity index is 194. The monoisotopic (exact) mass is 184 g/mol. The molecule has 13 heavy (non-hydrogen) atoms. The van der Waals surface area contributed by atoms with Gasteiger partial charge in [0.2, 0.25) is 0 Å². The van der Waals surface area contributed by atoms with E-state index in [1.807, 2.05) is 0 Å². The molecule has 1 aliphatic rings. The van der Waals surface area contributed by atoms with Crippen molar-refractivity contribution in [2.24, 2.45) is 0 Å². The summed E-state index contributed by atoms with van der Waals surface area (Å²) in [4.78, 5) is 11.0. The lowest BCUT2D eigenvalue weighted by Crippen LogP contribution is -2.34. The van der Waals surface area contributed by atoms with Gasteiger partial charge in [0.1, 0.15) is 0 Å². The first-order valence-corrected chi connectivity index (χ1v) is 4.66. The van der Waals surface area contributed by atoms with Gasteiger partial charge < -0.3 is 15.7 Å². The molecular weight excluding hydrogens is 168 g/mol. The minimum Gasteiger partial charge on any atom is -0.395 e. The predicted molar refractivity (Wildman–Crippen MR) is 50.2 cm³/mol. The van der Waals surface area contributed by atoms with Crippen LogP contribution in [0.5, 0.6) is 0 Å². The molecule has 0 aromatic rings. The topological polar surface area (TPSA) is 61.4 Å². The van der Waals surface area contributed by atoms with Crippen LogP contribution in [0.25, 0.3) is 0 Å². The van der Waals surface area contributed by atoms with E-state index >= 15 is 0 Å². The molecule has 1 saturated carbocycles. The highest BCUT2D eigenvalue weighted by Crippen LogP contribution is 2.22. The van der Waals surface area contributed by atoms with E-state index in [-0.39, 0.29) is 12.6 Å². The van der Waals surface area contributed by atoms with Crippen LogP contribution in [0.2, 0.25) is 0 Å².